The van der Waals surface area contributed by atoms with Crippen molar-refractivity contribution >= 4 is 5.91 Å². The van der Waals surface area contributed by atoms with Crippen LogP contribution in [-0.4, -0.2) is 74.4 Å². The van der Waals surface area contributed by atoms with E-state index >= 15 is 0 Å². The van der Waals surface area contributed by atoms with Crippen LogP contribution in [0.2, 0.25) is 0 Å². The number of benzene rings is 1. The van der Waals surface area contributed by atoms with E-state index in [0.29, 0.717) is 12.5 Å². The van der Waals surface area contributed by atoms with Crippen molar-refractivity contribution in [1.29, 1.82) is 0 Å². The fourth-order valence-electron chi connectivity index (χ4n) is 4.57. The molecule has 0 N–H and O–H groups in total. The zero-order valence-corrected chi connectivity index (χ0v) is 16.2. The quantitative estimate of drug-likeness (QED) is 0.730. The van der Waals surface area contributed by atoms with Gasteiger partial charge in [0.1, 0.15) is 12.4 Å². The highest BCUT2D eigenvalue weighted by Gasteiger charge is 2.52. The Bertz CT molecular complexity index is 653. The van der Waals surface area contributed by atoms with Crippen molar-refractivity contribution in [2.24, 2.45) is 5.92 Å². The van der Waals surface area contributed by atoms with Crippen molar-refractivity contribution in [3.05, 3.63) is 29.8 Å². The molecule has 1 amide bonds. The molecule has 0 bridgehead atoms. The normalized spacial score (nSPS) is 24.3. The Morgan fingerprint density at radius 2 is 2.11 bits per heavy atom. The second-order valence-electron chi connectivity index (χ2n) is 8.00. The third-order valence-corrected chi connectivity index (χ3v) is 6.13. The number of rotatable bonds is 7. The van der Waals surface area contributed by atoms with E-state index in [1.807, 2.05) is 17.0 Å². The Morgan fingerprint density at radius 1 is 1.30 bits per heavy atom. The van der Waals surface area contributed by atoms with E-state index in [9.17, 15) is 4.79 Å². The lowest BCUT2D eigenvalue weighted by Crippen LogP contribution is -2.64. The molecular formula is C21H30N2O4. The second-order valence-corrected chi connectivity index (χ2v) is 8.00. The van der Waals surface area contributed by atoms with Crippen molar-refractivity contribution in [2.45, 2.75) is 31.4 Å². The Balaban J connectivity index is 1.23. The van der Waals surface area contributed by atoms with Crippen LogP contribution >= 0.6 is 0 Å². The van der Waals surface area contributed by atoms with Gasteiger partial charge >= 0.3 is 0 Å². The van der Waals surface area contributed by atoms with E-state index in [2.05, 4.69) is 17.0 Å². The van der Waals surface area contributed by atoms with Gasteiger partial charge in [-0.1, -0.05) is 12.1 Å². The standard InChI is InChI=1S/C21H30N2O4/c1-25-19-6-4-5-17(11-19)12-22-15-21(16-22)18(7-10-27-21)13-26-14-20(24)23-8-2-3-9-23/h4-6,11,18H,2-3,7-10,12-16H2,1H3/t18-/m1/s1. The average Bonchev–Trinajstić information content (AvgIpc) is 3.32. The second kappa shape index (κ2) is 8.17. The molecule has 6 nitrogen and oxygen atoms in total. The zero-order valence-electron chi connectivity index (χ0n) is 16.2. The van der Waals surface area contributed by atoms with Gasteiger partial charge < -0.3 is 19.1 Å². The largest absolute Gasteiger partial charge is 0.497 e. The third-order valence-electron chi connectivity index (χ3n) is 6.13. The summed E-state index contributed by atoms with van der Waals surface area (Å²) in [5.74, 6) is 1.41. The van der Waals surface area contributed by atoms with Crippen molar-refractivity contribution in [2.75, 3.05) is 53.1 Å². The van der Waals surface area contributed by atoms with E-state index in [-0.39, 0.29) is 18.1 Å². The van der Waals surface area contributed by atoms with Gasteiger partial charge in [0.2, 0.25) is 5.91 Å². The molecular weight excluding hydrogens is 344 g/mol. The lowest BCUT2D eigenvalue weighted by molar-refractivity contribution is -0.151. The summed E-state index contributed by atoms with van der Waals surface area (Å²) in [7, 11) is 1.70. The van der Waals surface area contributed by atoms with Crippen LogP contribution in [0.15, 0.2) is 24.3 Å². The van der Waals surface area contributed by atoms with Crippen LogP contribution in [0.3, 0.4) is 0 Å². The van der Waals surface area contributed by atoms with Crippen LogP contribution in [-0.2, 0) is 20.8 Å². The summed E-state index contributed by atoms with van der Waals surface area (Å²) in [6.45, 7) is 6.16. The highest BCUT2D eigenvalue weighted by molar-refractivity contribution is 5.77. The number of carbonyl (C=O) groups excluding carboxylic acids is 1. The van der Waals surface area contributed by atoms with Gasteiger partial charge in [-0.3, -0.25) is 9.69 Å². The number of ether oxygens (including phenoxy) is 3. The molecule has 3 saturated heterocycles. The molecule has 4 rings (SSSR count). The van der Waals surface area contributed by atoms with Gasteiger partial charge in [-0.15, -0.1) is 0 Å². The molecule has 3 fully saturated rings. The molecule has 3 aliphatic heterocycles. The summed E-state index contributed by atoms with van der Waals surface area (Å²) < 4.78 is 17.2. The van der Waals surface area contributed by atoms with Gasteiger partial charge in [0.25, 0.3) is 0 Å². The summed E-state index contributed by atoms with van der Waals surface area (Å²) in [4.78, 5) is 16.4. The molecule has 0 radical (unpaired) electrons. The third kappa shape index (κ3) is 4.13. The van der Waals surface area contributed by atoms with Gasteiger partial charge in [-0.05, 0) is 37.0 Å². The lowest BCUT2D eigenvalue weighted by Gasteiger charge is -2.50. The van der Waals surface area contributed by atoms with Crippen molar-refractivity contribution in [1.82, 2.24) is 9.80 Å². The number of likely N-dealkylation sites (tertiary alicyclic amines) is 2. The molecule has 3 heterocycles. The summed E-state index contributed by atoms with van der Waals surface area (Å²) in [6.07, 6.45) is 3.26. The molecule has 0 aliphatic carbocycles. The average molecular weight is 374 g/mol. The summed E-state index contributed by atoms with van der Waals surface area (Å²) >= 11 is 0. The van der Waals surface area contributed by atoms with E-state index in [1.54, 1.807) is 7.11 Å². The SMILES string of the molecule is COc1cccc(CN2CC3(C2)OCC[C@@H]3COCC(=O)N2CCCC2)c1. The molecule has 3 aliphatic rings. The van der Waals surface area contributed by atoms with Crippen LogP contribution in [0, 0.1) is 5.92 Å². The Labute approximate surface area is 161 Å². The Hall–Kier alpha value is -1.63. The van der Waals surface area contributed by atoms with Gasteiger partial charge in [-0.2, -0.15) is 0 Å². The van der Waals surface area contributed by atoms with Crippen molar-refractivity contribution in [3.63, 3.8) is 0 Å². The number of nitrogens with zero attached hydrogens (tertiary/aromatic N) is 2. The highest BCUT2D eigenvalue weighted by atomic mass is 16.5. The Morgan fingerprint density at radius 3 is 2.89 bits per heavy atom. The minimum absolute atomic E-state index is 0.0877. The predicted octanol–water partition coefficient (Wildman–Crippen LogP) is 1.93. The summed E-state index contributed by atoms with van der Waals surface area (Å²) in [5, 5.41) is 0. The van der Waals surface area contributed by atoms with E-state index in [1.165, 1.54) is 5.56 Å². The molecule has 1 spiro atoms. The number of hydrogen-bond acceptors (Lipinski definition) is 5. The van der Waals surface area contributed by atoms with Crippen LogP contribution in [0.4, 0.5) is 0 Å². The first-order valence-electron chi connectivity index (χ1n) is 10.0. The maximum absolute atomic E-state index is 12.1. The molecule has 6 heteroatoms. The number of carbonyl (C=O) groups is 1. The first kappa shape index (κ1) is 18.7. The van der Waals surface area contributed by atoms with Crippen LogP contribution < -0.4 is 4.74 Å². The molecule has 0 aromatic heterocycles. The zero-order chi connectivity index (χ0) is 18.7. The molecule has 27 heavy (non-hydrogen) atoms. The van der Waals surface area contributed by atoms with Gasteiger partial charge in [0, 0.05) is 45.2 Å². The minimum atomic E-state index is -0.0877. The minimum Gasteiger partial charge on any atom is -0.497 e. The van der Waals surface area contributed by atoms with E-state index in [0.717, 1.165) is 64.3 Å². The van der Waals surface area contributed by atoms with Gasteiger partial charge in [0.15, 0.2) is 0 Å². The fraction of sp³-hybridized carbons (Fsp3) is 0.667. The van der Waals surface area contributed by atoms with Crippen LogP contribution in [0.5, 0.6) is 5.75 Å². The first-order chi connectivity index (χ1) is 13.2. The predicted molar refractivity (Wildman–Crippen MR) is 102 cm³/mol. The maximum Gasteiger partial charge on any atom is 0.248 e. The summed E-state index contributed by atoms with van der Waals surface area (Å²) in [5.41, 5.74) is 1.17. The van der Waals surface area contributed by atoms with Crippen LogP contribution in [0.25, 0.3) is 0 Å². The molecule has 0 saturated carbocycles. The molecule has 1 aromatic rings. The van der Waals surface area contributed by atoms with Crippen molar-refractivity contribution < 1.29 is 19.0 Å². The van der Waals surface area contributed by atoms with E-state index < -0.39 is 0 Å². The van der Waals surface area contributed by atoms with Gasteiger partial charge in [0.05, 0.1) is 19.3 Å². The molecule has 148 valence electrons. The number of amides is 1. The maximum atomic E-state index is 12.1. The Kier molecular flexibility index (Phi) is 5.66. The van der Waals surface area contributed by atoms with Crippen molar-refractivity contribution in [3.8, 4) is 5.75 Å². The monoisotopic (exact) mass is 374 g/mol. The number of methoxy groups -OCH3 is 1. The van der Waals surface area contributed by atoms with Crippen LogP contribution in [0.1, 0.15) is 24.8 Å². The first-order valence-corrected chi connectivity index (χ1v) is 10.0. The van der Waals surface area contributed by atoms with Gasteiger partial charge in [-0.25, -0.2) is 0 Å². The molecule has 1 aromatic carbocycles. The fourth-order valence-corrected chi connectivity index (χ4v) is 4.57. The summed E-state index contributed by atoms with van der Waals surface area (Å²) in [6, 6.07) is 8.22. The van der Waals surface area contributed by atoms with E-state index in [4.69, 9.17) is 14.2 Å². The highest BCUT2D eigenvalue weighted by Crippen LogP contribution is 2.40. The molecule has 1 atom stereocenters. The topological polar surface area (TPSA) is 51.2 Å². The smallest absolute Gasteiger partial charge is 0.248 e. The molecule has 0 unspecified atom stereocenters. The number of hydrogen-bond donors (Lipinski definition) is 0. The lowest BCUT2D eigenvalue weighted by atomic mass is 9.81.